The first-order chi connectivity index (χ1) is 8.15. The van der Waals surface area contributed by atoms with Crippen LogP contribution in [-0.4, -0.2) is 19.5 Å². The number of hydrogen-bond acceptors (Lipinski definition) is 3. The third-order valence-electron chi connectivity index (χ3n) is 2.92. The van der Waals surface area contributed by atoms with Crippen LogP contribution in [0, 0.1) is 6.92 Å². The molecule has 0 spiro atoms. The summed E-state index contributed by atoms with van der Waals surface area (Å²) in [5, 5.41) is 0. The van der Waals surface area contributed by atoms with E-state index in [2.05, 4.69) is 21.0 Å². The number of imidazole rings is 2. The molecule has 0 atom stereocenters. The Kier molecular flexibility index (Phi) is 1.95. The molecule has 3 N–H and O–H groups in total. The molecule has 0 bridgehead atoms. The number of nitrogens with one attached hydrogen (secondary N) is 1. The minimum atomic E-state index is 0.515. The molecule has 3 rings (SSSR count). The summed E-state index contributed by atoms with van der Waals surface area (Å²) in [4.78, 5) is 11.7. The Morgan fingerprint density at radius 1 is 1.35 bits per heavy atom. The Labute approximate surface area is 98.3 Å². The molecular formula is C12H13N5. The van der Waals surface area contributed by atoms with Crippen molar-refractivity contribution < 1.29 is 0 Å². The van der Waals surface area contributed by atoms with Gasteiger partial charge in [0.05, 0.1) is 22.9 Å². The van der Waals surface area contributed by atoms with Crippen molar-refractivity contribution in [3.8, 4) is 11.3 Å². The number of benzene rings is 1. The molecule has 0 aliphatic rings. The van der Waals surface area contributed by atoms with E-state index in [1.807, 2.05) is 30.7 Å². The van der Waals surface area contributed by atoms with E-state index in [-0.39, 0.29) is 0 Å². The van der Waals surface area contributed by atoms with Crippen LogP contribution in [0.3, 0.4) is 0 Å². The lowest BCUT2D eigenvalue weighted by molar-refractivity contribution is 0.938. The number of rotatable bonds is 1. The predicted octanol–water partition coefficient (Wildman–Crippen LogP) is 1.85. The van der Waals surface area contributed by atoms with E-state index in [0.717, 1.165) is 28.1 Å². The van der Waals surface area contributed by atoms with Gasteiger partial charge in [0.1, 0.15) is 5.82 Å². The van der Waals surface area contributed by atoms with Crippen molar-refractivity contribution in [2.45, 2.75) is 6.92 Å². The van der Waals surface area contributed by atoms with Crippen LogP contribution in [0.1, 0.15) is 5.82 Å². The van der Waals surface area contributed by atoms with Crippen molar-refractivity contribution >= 4 is 17.0 Å². The molecule has 86 valence electrons. The van der Waals surface area contributed by atoms with Gasteiger partial charge in [-0.15, -0.1) is 0 Å². The smallest absolute Gasteiger partial charge is 0.200 e. The average molecular weight is 227 g/mol. The summed E-state index contributed by atoms with van der Waals surface area (Å²) in [6.45, 7) is 1.95. The van der Waals surface area contributed by atoms with Crippen LogP contribution in [0.4, 0.5) is 5.95 Å². The highest BCUT2D eigenvalue weighted by Crippen LogP contribution is 2.24. The van der Waals surface area contributed by atoms with Crippen LogP contribution in [0.15, 0.2) is 24.4 Å². The normalized spacial score (nSPS) is 11.2. The molecule has 2 heterocycles. The molecule has 0 saturated carbocycles. The van der Waals surface area contributed by atoms with Crippen LogP contribution in [0.5, 0.6) is 0 Å². The second kappa shape index (κ2) is 3.35. The Morgan fingerprint density at radius 3 is 2.88 bits per heavy atom. The summed E-state index contributed by atoms with van der Waals surface area (Å²) in [6.07, 6.45) is 1.78. The maximum absolute atomic E-state index is 5.73. The quantitative estimate of drug-likeness (QED) is 0.666. The SMILES string of the molecule is Cc1nc2ccc(-c3cnc(N)n3C)cc2[nH]1. The number of nitrogens with zero attached hydrogens (tertiary/aromatic N) is 3. The van der Waals surface area contributed by atoms with E-state index in [1.165, 1.54) is 0 Å². The summed E-state index contributed by atoms with van der Waals surface area (Å²) in [5.74, 6) is 1.43. The minimum absolute atomic E-state index is 0.515. The van der Waals surface area contributed by atoms with Crippen molar-refractivity contribution in [2.75, 3.05) is 5.73 Å². The Hall–Kier alpha value is -2.30. The molecular weight excluding hydrogens is 214 g/mol. The van der Waals surface area contributed by atoms with E-state index >= 15 is 0 Å². The lowest BCUT2D eigenvalue weighted by Gasteiger charge is -2.03. The number of aryl methyl sites for hydroxylation is 1. The molecule has 3 aromatic rings. The highest BCUT2D eigenvalue weighted by atomic mass is 15.1. The molecule has 0 aliphatic heterocycles. The van der Waals surface area contributed by atoms with Crippen LogP contribution >= 0.6 is 0 Å². The van der Waals surface area contributed by atoms with Gasteiger partial charge in [-0.3, -0.25) is 0 Å². The molecule has 17 heavy (non-hydrogen) atoms. The summed E-state index contributed by atoms with van der Waals surface area (Å²) >= 11 is 0. The lowest BCUT2D eigenvalue weighted by Crippen LogP contribution is -1.98. The van der Waals surface area contributed by atoms with Crippen LogP contribution in [0.2, 0.25) is 0 Å². The molecule has 2 aromatic heterocycles. The molecule has 1 aromatic carbocycles. The maximum Gasteiger partial charge on any atom is 0.200 e. The van der Waals surface area contributed by atoms with Crippen molar-refractivity contribution in [1.82, 2.24) is 19.5 Å². The fourth-order valence-corrected chi connectivity index (χ4v) is 1.99. The monoisotopic (exact) mass is 227 g/mol. The summed E-state index contributed by atoms with van der Waals surface area (Å²) in [5.41, 5.74) is 9.80. The van der Waals surface area contributed by atoms with Crippen molar-refractivity contribution in [2.24, 2.45) is 7.05 Å². The topological polar surface area (TPSA) is 72.5 Å². The van der Waals surface area contributed by atoms with Gasteiger partial charge in [0, 0.05) is 12.6 Å². The maximum atomic E-state index is 5.73. The number of nitrogen functional groups attached to an aromatic ring is 1. The zero-order valence-electron chi connectivity index (χ0n) is 9.73. The molecule has 0 saturated heterocycles. The van der Waals surface area contributed by atoms with Gasteiger partial charge in [0.2, 0.25) is 0 Å². The summed E-state index contributed by atoms with van der Waals surface area (Å²) in [6, 6.07) is 6.09. The molecule has 5 nitrogen and oxygen atoms in total. The summed E-state index contributed by atoms with van der Waals surface area (Å²) in [7, 11) is 1.90. The zero-order valence-corrected chi connectivity index (χ0v) is 9.73. The average Bonchev–Trinajstić information content (AvgIpc) is 2.81. The third-order valence-corrected chi connectivity index (χ3v) is 2.92. The largest absolute Gasteiger partial charge is 0.369 e. The van der Waals surface area contributed by atoms with Gasteiger partial charge in [-0.2, -0.15) is 0 Å². The standard InChI is InChI=1S/C12H13N5/c1-7-15-9-4-3-8(5-10(9)16-7)11-6-14-12(13)17(11)2/h3-6H,1-2H3,(H2,13,14)(H,15,16). The van der Waals surface area contributed by atoms with Gasteiger partial charge in [-0.25, -0.2) is 9.97 Å². The molecule has 0 radical (unpaired) electrons. The van der Waals surface area contributed by atoms with Gasteiger partial charge < -0.3 is 15.3 Å². The first-order valence-corrected chi connectivity index (χ1v) is 5.39. The number of anilines is 1. The van der Waals surface area contributed by atoms with E-state index in [9.17, 15) is 0 Å². The molecule has 0 aliphatic carbocycles. The van der Waals surface area contributed by atoms with Gasteiger partial charge in [0.25, 0.3) is 0 Å². The fourth-order valence-electron chi connectivity index (χ4n) is 1.99. The lowest BCUT2D eigenvalue weighted by atomic mass is 10.1. The molecule has 0 amide bonds. The first-order valence-electron chi connectivity index (χ1n) is 5.39. The van der Waals surface area contributed by atoms with Gasteiger partial charge in [0.15, 0.2) is 5.95 Å². The Balaban J connectivity index is 2.20. The highest BCUT2D eigenvalue weighted by Gasteiger charge is 2.07. The van der Waals surface area contributed by atoms with Crippen molar-refractivity contribution in [3.05, 3.63) is 30.2 Å². The number of fused-ring (bicyclic) bond motifs is 1. The van der Waals surface area contributed by atoms with E-state index in [1.54, 1.807) is 6.20 Å². The number of H-pyrrole nitrogens is 1. The van der Waals surface area contributed by atoms with Gasteiger partial charge >= 0.3 is 0 Å². The third kappa shape index (κ3) is 1.47. The second-order valence-electron chi connectivity index (χ2n) is 4.11. The number of hydrogen-bond donors (Lipinski definition) is 2. The van der Waals surface area contributed by atoms with Gasteiger partial charge in [-0.1, -0.05) is 6.07 Å². The Morgan fingerprint density at radius 2 is 2.18 bits per heavy atom. The van der Waals surface area contributed by atoms with Crippen molar-refractivity contribution in [1.29, 1.82) is 0 Å². The molecule has 0 unspecified atom stereocenters. The van der Waals surface area contributed by atoms with Gasteiger partial charge in [-0.05, 0) is 19.1 Å². The number of aromatic amines is 1. The van der Waals surface area contributed by atoms with E-state index < -0.39 is 0 Å². The second-order valence-corrected chi connectivity index (χ2v) is 4.11. The summed E-state index contributed by atoms with van der Waals surface area (Å²) < 4.78 is 1.87. The molecule has 0 fully saturated rings. The fraction of sp³-hybridized carbons (Fsp3) is 0.167. The number of nitrogens with two attached hydrogens (primary N) is 1. The van der Waals surface area contributed by atoms with E-state index in [0.29, 0.717) is 5.95 Å². The highest BCUT2D eigenvalue weighted by molar-refractivity contribution is 5.81. The van der Waals surface area contributed by atoms with Crippen molar-refractivity contribution in [3.63, 3.8) is 0 Å². The number of aromatic nitrogens is 4. The van der Waals surface area contributed by atoms with Crippen LogP contribution in [-0.2, 0) is 7.05 Å². The molecule has 5 heteroatoms. The minimum Gasteiger partial charge on any atom is -0.369 e. The predicted molar refractivity (Wildman–Crippen MR) is 67.4 cm³/mol. The Bertz CT molecular complexity index is 692. The van der Waals surface area contributed by atoms with E-state index in [4.69, 9.17) is 5.73 Å². The zero-order chi connectivity index (χ0) is 12.0. The van der Waals surface area contributed by atoms with Crippen LogP contribution < -0.4 is 5.73 Å². The first kappa shape index (κ1) is 9.89. The van der Waals surface area contributed by atoms with Crippen LogP contribution in [0.25, 0.3) is 22.3 Å².